The van der Waals surface area contributed by atoms with E-state index < -0.39 is 13.4 Å². The van der Waals surface area contributed by atoms with Gasteiger partial charge in [0, 0.05) is 38.7 Å². The van der Waals surface area contributed by atoms with Gasteiger partial charge in [-0.1, -0.05) is 38.4 Å². The molecule has 1 aliphatic rings. The van der Waals surface area contributed by atoms with Crippen molar-refractivity contribution in [3.63, 3.8) is 0 Å². The average Bonchev–Trinajstić information content (AvgIpc) is 3.02. The maximum atomic E-state index is 14.4. The fraction of sp³-hybridized carbons (Fsp3) is 0.250. The van der Waals surface area contributed by atoms with Gasteiger partial charge in [-0.25, -0.2) is 0 Å². The minimum Gasteiger partial charge on any atom is -0.466 e. The lowest BCUT2D eigenvalue weighted by atomic mass is 10.3. The molecule has 0 amide bonds. The largest absolute Gasteiger partial charge is 0.466 e. The lowest BCUT2D eigenvalue weighted by Crippen LogP contribution is -2.21. The van der Waals surface area contributed by atoms with Crippen molar-refractivity contribution in [3.8, 4) is 0 Å². The van der Waals surface area contributed by atoms with Crippen LogP contribution in [0.3, 0.4) is 0 Å². The maximum Gasteiger partial charge on any atom is 0.310 e. The van der Waals surface area contributed by atoms with Crippen LogP contribution in [0.1, 0.15) is 13.3 Å². The van der Waals surface area contributed by atoms with Crippen LogP contribution in [0.4, 0.5) is 11.4 Å². The topological polar surface area (TPSA) is 49.9 Å². The van der Waals surface area contributed by atoms with Gasteiger partial charge in [-0.05, 0) is 55.5 Å². The van der Waals surface area contributed by atoms with Crippen LogP contribution in [0.2, 0.25) is 0 Å². The standard InChI is InChI=1S/C20H21Br2N2O3P/c1-3-27-20(25)14-15(2)28(26)23(18-8-4-16(21)5-9-18)12-13-24(28)19-10-6-17(22)7-11-19/h4-11H,2-3,12-14H2,1H3. The van der Waals surface area contributed by atoms with Crippen LogP contribution in [-0.4, -0.2) is 25.7 Å². The molecule has 0 N–H and O–H groups in total. The molecule has 0 unspecified atom stereocenters. The molecule has 28 heavy (non-hydrogen) atoms. The number of esters is 1. The minimum absolute atomic E-state index is 0.0782. The molecule has 5 nitrogen and oxygen atoms in total. The van der Waals surface area contributed by atoms with E-state index in [-0.39, 0.29) is 13.0 Å². The third-order valence-corrected chi connectivity index (χ3v) is 8.70. The summed E-state index contributed by atoms with van der Waals surface area (Å²) in [4.78, 5) is 12.1. The highest BCUT2D eigenvalue weighted by molar-refractivity contribution is 9.10. The van der Waals surface area contributed by atoms with E-state index in [9.17, 15) is 9.36 Å². The molecule has 1 aliphatic heterocycles. The van der Waals surface area contributed by atoms with E-state index in [0.29, 0.717) is 18.4 Å². The summed E-state index contributed by atoms with van der Waals surface area (Å²) in [6.45, 7) is 7.22. The molecule has 0 atom stereocenters. The second kappa shape index (κ2) is 8.85. The quantitative estimate of drug-likeness (QED) is 0.331. The maximum absolute atomic E-state index is 14.4. The molecule has 0 aromatic heterocycles. The number of carbonyl (C=O) groups is 1. The van der Waals surface area contributed by atoms with E-state index in [0.717, 1.165) is 20.3 Å². The summed E-state index contributed by atoms with van der Waals surface area (Å²) < 4.78 is 25.1. The van der Waals surface area contributed by atoms with Crippen LogP contribution in [0.25, 0.3) is 0 Å². The summed E-state index contributed by atoms with van der Waals surface area (Å²) >= 11 is 6.87. The van der Waals surface area contributed by atoms with Gasteiger partial charge in [0.1, 0.15) is 0 Å². The third kappa shape index (κ3) is 4.22. The van der Waals surface area contributed by atoms with Gasteiger partial charge in [-0.2, -0.15) is 0 Å². The van der Waals surface area contributed by atoms with Crippen LogP contribution >= 0.6 is 39.3 Å². The van der Waals surface area contributed by atoms with Gasteiger partial charge in [-0.3, -0.25) is 9.36 Å². The molecular formula is C20H21Br2N2O3P. The van der Waals surface area contributed by atoms with Gasteiger partial charge >= 0.3 is 5.97 Å². The molecule has 0 spiro atoms. The Morgan fingerprint density at radius 1 is 1.00 bits per heavy atom. The van der Waals surface area contributed by atoms with Crippen LogP contribution < -0.4 is 9.34 Å². The minimum atomic E-state index is -3.29. The number of hydrogen-bond donors (Lipinski definition) is 0. The second-order valence-corrected chi connectivity index (χ2v) is 10.8. The number of benzene rings is 2. The van der Waals surface area contributed by atoms with Crippen molar-refractivity contribution in [3.05, 3.63) is 69.4 Å². The number of ether oxygens (including phenoxy) is 1. The van der Waals surface area contributed by atoms with Crippen molar-refractivity contribution < 1.29 is 14.1 Å². The highest BCUT2D eigenvalue weighted by Crippen LogP contribution is 2.65. The lowest BCUT2D eigenvalue weighted by molar-refractivity contribution is -0.142. The first-order valence-corrected chi connectivity index (χ1v) is 12.1. The predicted octanol–water partition coefficient (Wildman–Crippen LogP) is 6.20. The predicted molar refractivity (Wildman–Crippen MR) is 121 cm³/mol. The van der Waals surface area contributed by atoms with E-state index in [4.69, 9.17) is 4.74 Å². The van der Waals surface area contributed by atoms with E-state index >= 15 is 0 Å². The Morgan fingerprint density at radius 2 is 1.43 bits per heavy atom. The number of halogens is 2. The monoisotopic (exact) mass is 526 g/mol. The van der Waals surface area contributed by atoms with Gasteiger partial charge in [0.15, 0.2) is 0 Å². The van der Waals surface area contributed by atoms with Gasteiger partial charge in [0.05, 0.1) is 13.0 Å². The Kier molecular flexibility index (Phi) is 6.69. The zero-order valence-electron chi connectivity index (χ0n) is 15.5. The molecule has 148 valence electrons. The molecule has 1 fully saturated rings. The summed E-state index contributed by atoms with van der Waals surface area (Å²) in [6.07, 6.45) is -0.0782. The van der Waals surface area contributed by atoms with Crippen molar-refractivity contribution >= 4 is 56.6 Å². The third-order valence-electron chi connectivity index (χ3n) is 4.49. The highest BCUT2D eigenvalue weighted by atomic mass is 79.9. The molecule has 1 saturated heterocycles. The molecule has 0 radical (unpaired) electrons. The van der Waals surface area contributed by atoms with Crippen molar-refractivity contribution in [1.29, 1.82) is 0 Å². The van der Waals surface area contributed by atoms with E-state index in [1.165, 1.54) is 0 Å². The van der Waals surface area contributed by atoms with Crippen LogP contribution in [0, 0.1) is 0 Å². The molecule has 1 heterocycles. The summed E-state index contributed by atoms with van der Waals surface area (Å²) in [5.41, 5.74) is 1.66. The first-order chi connectivity index (χ1) is 13.4. The van der Waals surface area contributed by atoms with Crippen molar-refractivity contribution in [2.24, 2.45) is 0 Å². The fourth-order valence-corrected chi connectivity index (χ4v) is 6.63. The Balaban J connectivity index is 2.01. The molecule has 0 bridgehead atoms. The summed E-state index contributed by atoms with van der Waals surface area (Å²) in [7, 11) is -3.29. The van der Waals surface area contributed by atoms with E-state index in [1.54, 1.807) is 6.92 Å². The average molecular weight is 528 g/mol. The molecular weight excluding hydrogens is 507 g/mol. The normalized spacial score (nSPS) is 15.5. The van der Waals surface area contributed by atoms with E-state index in [1.807, 2.05) is 57.9 Å². The smallest absolute Gasteiger partial charge is 0.310 e. The zero-order chi connectivity index (χ0) is 20.3. The number of hydrogen-bond acceptors (Lipinski definition) is 3. The number of anilines is 2. The first kappa shape index (κ1) is 21.2. The lowest BCUT2D eigenvalue weighted by Gasteiger charge is -2.33. The number of nitrogens with zero attached hydrogens (tertiary/aromatic N) is 2. The van der Waals surface area contributed by atoms with Gasteiger partial charge < -0.3 is 14.1 Å². The molecule has 2 aromatic carbocycles. The zero-order valence-corrected chi connectivity index (χ0v) is 19.5. The Morgan fingerprint density at radius 3 is 1.82 bits per heavy atom. The molecule has 2 aromatic rings. The Labute approximate surface area is 182 Å². The SMILES string of the molecule is C=C(CC(=O)OCC)P1(=O)N(c2ccc(Br)cc2)CCN1c1ccc(Br)cc1. The van der Waals surface area contributed by atoms with E-state index in [2.05, 4.69) is 38.4 Å². The summed E-state index contributed by atoms with van der Waals surface area (Å²) in [6, 6.07) is 15.3. The van der Waals surface area contributed by atoms with Gasteiger partial charge in [0.2, 0.25) is 0 Å². The summed E-state index contributed by atoms with van der Waals surface area (Å²) in [5.74, 6) is -0.416. The van der Waals surface area contributed by atoms with Crippen LogP contribution in [-0.2, 0) is 14.1 Å². The fourth-order valence-electron chi connectivity index (χ4n) is 3.21. The van der Waals surface area contributed by atoms with Crippen molar-refractivity contribution in [2.75, 3.05) is 29.0 Å². The molecule has 3 rings (SSSR count). The van der Waals surface area contributed by atoms with Gasteiger partial charge in [0.25, 0.3) is 7.44 Å². The summed E-state index contributed by atoms with van der Waals surface area (Å²) in [5, 5.41) is 0.370. The van der Waals surface area contributed by atoms with Gasteiger partial charge in [-0.15, -0.1) is 0 Å². The molecule has 0 aliphatic carbocycles. The highest BCUT2D eigenvalue weighted by Gasteiger charge is 2.46. The van der Waals surface area contributed by atoms with Crippen molar-refractivity contribution in [1.82, 2.24) is 0 Å². The number of rotatable bonds is 6. The van der Waals surface area contributed by atoms with Crippen LogP contribution in [0.15, 0.2) is 69.4 Å². The second-order valence-electron chi connectivity index (χ2n) is 6.29. The van der Waals surface area contributed by atoms with Crippen LogP contribution in [0.5, 0.6) is 0 Å². The van der Waals surface area contributed by atoms with Crippen molar-refractivity contribution in [2.45, 2.75) is 13.3 Å². The number of carbonyl (C=O) groups excluding carboxylic acids is 1. The Bertz CT molecular complexity index is 859. The molecule has 0 saturated carbocycles. The first-order valence-electron chi connectivity index (χ1n) is 8.87. The molecule has 8 heteroatoms. The Hall–Kier alpha value is -1.56.